The highest BCUT2D eigenvalue weighted by Gasteiger charge is 2.29. The fourth-order valence-electron chi connectivity index (χ4n) is 2.95. The average Bonchev–Trinajstić information content (AvgIpc) is 2.62. The molecule has 1 heterocycles. The van der Waals surface area contributed by atoms with Gasteiger partial charge in [-0.1, -0.05) is 30.3 Å². The maximum absolute atomic E-state index is 12.4. The first-order valence-electron chi connectivity index (χ1n) is 8.81. The van der Waals surface area contributed by atoms with Crippen molar-refractivity contribution >= 4 is 22.0 Å². The number of benzene rings is 1. The van der Waals surface area contributed by atoms with Gasteiger partial charge in [0.15, 0.2) is 6.54 Å². The van der Waals surface area contributed by atoms with Crippen molar-refractivity contribution in [2.75, 3.05) is 45.8 Å². The van der Waals surface area contributed by atoms with E-state index in [1.807, 2.05) is 49.1 Å². The number of rotatable bonds is 7. The van der Waals surface area contributed by atoms with Crippen molar-refractivity contribution in [3.05, 3.63) is 41.3 Å². The predicted octanol–water partition coefficient (Wildman–Crippen LogP) is 0.0560. The number of piperazine rings is 1. The largest absolute Gasteiger partial charge is 0.338 e. The highest BCUT2D eigenvalue weighted by atomic mass is 32.2. The zero-order valence-corrected chi connectivity index (χ0v) is 15.8. The minimum atomic E-state index is -3.41. The quantitative estimate of drug-likeness (QED) is 0.742. The van der Waals surface area contributed by atoms with E-state index < -0.39 is 10.0 Å². The van der Waals surface area contributed by atoms with Gasteiger partial charge in [0.05, 0.1) is 26.2 Å². The molecule has 0 spiro atoms. The number of likely N-dealkylation sites (N-methyl/N-ethyl adjacent to an activating group) is 1. The molecule has 2 rings (SSSR count). The summed E-state index contributed by atoms with van der Waals surface area (Å²) in [5.74, 6) is 0.139. The van der Waals surface area contributed by atoms with Gasteiger partial charge < -0.3 is 9.80 Å². The van der Waals surface area contributed by atoms with Crippen molar-refractivity contribution in [2.24, 2.45) is 0 Å². The molecule has 1 N–H and O–H groups in total. The van der Waals surface area contributed by atoms with Crippen LogP contribution in [0, 0.1) is 0 Å². The van der Waals surface area contributed by atoms with Crippen LogP contribution in [0.15, 0.2) is 35.7 Å². The maximum atomic E-state index is 12.4. The lowest BCUT2D eigenvalue weighted by molar-refractivity contribution is -0.896. The normalized spacial score (nSPS) is 17.0. The molecule has 1 aliphatic rings. The Bertz CT molecular complexity index is 677. The van der Waals surface area contributed by atoms with Gasteiger partial charge in [0.25, 0.3) is 5.91 Å². The molecule has 25 heavy (non-hydrogen) atoms. The molecule has 1 saturated heterocycles. The van der Waals surface area contributed by atoms with Crippen LogP contribution in [-0.2, 0) is 14.8 Å². The highest BCUT2D eigenvalue weighted by Crippen LogP contribution is 2.08. The van der Waals surface area contributed by atoms with Gasteiger partial charge in [-0.05, 0) is 25.5 Å². The maximum Gasteiger partial charge on any atom is 0.277 e. The molecule has 7 heteroatoms. The second-order valence-electron chi connectivity index (χ2n) is 6.15. The Morgan fingerprint density at radius 1 is 1.16 bits per heavy atom. The Morgan fingerprint density at radius 3 is 2.32 bits per heavy atom. The number of nitrogens with one attached hydrogen (secondary N) is 1. The molecular formula is C18H28N3O3S+. The Kier molecular flexibility index (Phi) is 7.16. The van der Waals surface area contributed by atoms with Crippen LogP contribution in [0.1, 0.15) is 19.4 Å². The van der Waals surface area contributed by atoms with Gasteiger partial charge in [0.1, 0.15) is 0 Å². The van der Waals surface area contributed by atoms with Crippen LogP contribution >= 0.6 is 0 Å². The molecule has 0 aliphatic carbocycles. The van der Waals surface area contributed by atoms with Crippen molar-refractivity contribution in [2.45, 2.75) is 13.8 Å². The number of carbonyl (C=O) groups is 1. The van der Waals surface area contributed by atoms with Crippen LogP contribution in [0.4, 0.5) is 0 Å². The minimum Gasteiger partial charge on any atom is -0.338 e. The topological polar surface area (TPSA) is 62.1 Å². The van der Waals surface area contributed by atoms with E-state index in [2.05, 4.69) is 0 Å². The van der Waals surface area contributed by atoms with Gasteiger partial charge in [-0.15, -0.1) is 0 Å². The molecule has 1 aromatic carbocycles. The van der Waals surface area contributed by atoms with Gasteiger partial charge in [0, 0.05) is 18.5 Å². The van der Waals surface area contributed by atoms with E-state index in [-0.39, 0.29) is 5.91 Å². The van der Waals surface area contributed by atoms with Crippen LogP contribution in [0.25, 0.3) is 6.08 Å². The Morgan fingerprint density at radius 2 is 1.76 bits per heavy atom. The van der Waals surface area contributed by atoms with Gasteiger partial charge in [-0.3, -0.25) is 4.79 Å². The third-order valence-corrected chi connectivity index (χ3v) is 6.10. The number of quaternary nitrogens is 1. The van der Waals surface area contributed by atoms with Crippen molar-refractivity contribution in [3.8, 4) is 0 Å². The van der Waals surface area contributed by atoms with Crippen molar-refractivity contribution in [1.29, 1.82) is 0 Å². The van der Waals surface area contributed by atoms with Crippen molar-refractivity contribution in [3.63, 3.8) is 0 Å². The standard InChI is InChI=1S/C18H27N3O3S/c1-3-20(4-2)18(22)16-19-11-13-21(14-12-19)25(23,24)15-10-17-8-6-5-7-9-17/h5-10,15H,3-4,11-14,16H2,1-2H3/p+1/b15-10+. The third-order valence-electron chi connectivity index (χ3n) is 4.54. The molecular weight excluding hydrogens is 338 g/mol. The van der Waals surface area contributed by atoms with Crippen molar-refractivity contribution in [1.82, 2.24) is 9.21 Å². The number of amides is 1. The molecule has 0 radical (unpaired) electrons. The van der Waals surface area contributed by atoms with E-state index in [9.17, 15) is 13.2 Å². The first kappa shape index (κ1) is 19.6. The predicted molar refractivity (Wildman–Crippen MR) is 99.5 cm³/mol. The molecule has 1 fully saturated rings. The van der Waals surface area contributed by atoms with Gasteiger partial charge in [0.2, 0.25) is 10.0 Å². The van der Waals surface area contributed by atoms with E-state index in [0.717, 1.165) is 10.5 Å². The minimum absolute atomic E-state index is 0.139. The molecule has 1 aliphatic heterocycles. The second kappa shape index (κ2) is 9.12. The Hall–Kier alpha value is -1.70. The summed E-state index contributed by atoms with van der Waals surface area (Å²) in [6, 6.07) is 9.38. The summed E-state index contributed by atoms with van der Waals surface area (Å²) in [5, 5.41) is 1.27. The zero-order valence-electron chi connectivity index (χ0n) is 15.0. The highest BCUT2D eigenvalue weighted by molar-refractivity contribution is 7.92. The van der Waals surface area contributed by atoms with Crippen LogP contribution in [0.2, 0.25) is 0 Å². The third kappa shape index (κ3) is 5.66. The zero-order chi connectivity index (χ0) is 18.3. The van der Waals surface area contributed by atoms with Crippen molar-refractivity contribution < 1.29 is 18.1 Å². The lowest BCUT2D eigenvalue weighted by Crippen LogP contribution is -3.15. The van der Waals surface area contributed by atoms with E-state index in [4.69, 9.17) is 0 Å². The number of nitrogens with zero attached hydrogens (tertiary/aromatic N) is 2. The lowest BCUT2D eigenvalue weighted by Gasteiger charge is -2.31. The molecule has 138 valence electrons. The molecule has 0 bridgehead atoms. The number of carbonyl (C=O) groups excluding carboxylic acids is 1. The van der Waals surface area contributed by atoms with Crippen LogP contribution in [-0.4, -0.2) is 69.3 Å². The molecule has 0 unspecified atom stereocenters. The molecule has 0 atom stereocenters. The fraction of sp³-hybridized carbons (Fsp3) is 0.500. The number of hydrogen-bond acceptors (Lipinski definition) is 3. The second-order valence-corrected chi connectivity index (χ2v) is 7.97. The smallest absolute Gasteiger partial charge is 0.277 e. The summed E-state index contributed by atoms with van der Waals surface area (Å²) in [6.45, 7) is 8.03. The van der Waals surface area contributed by atoms with Gasteiger partial charge in [-0.25, -0.2) is 8.42 Å². The summed E-state index contributed by atoms with van der Waals surface area (Å²) in [4.78, 5) is 15.1. The van der Waals surface area contributed by atoms with Crippen LogP contribution in [0.3, 0.4) is 0 Å². The van der Waals surface area contributed by atoms with E-state index >= 15 is 0 Å². The Labute approximate surface area is 150 Å². The summed E-state index contributed by atoms with van der Waals surface area (Å²) < 4.78 is 26.4. The summed E-state index contributed by atoms with van der Waals surface area (Å²) in [6.07, 6.45) is 1.62. The molecule has 0 aromatic heterocycles. The molecule has 6 nitrogen and oxygen atoms in total. The Balaban J connectivity index is 1.88. The molecule has 0 saturated carbocycles. The van der Waals surface area contributed by atoms with Crippen LogP contribution < -0.4 is 4.90 Å². The van der Waals surface area contributed by atoms with Crippen LogP contribution in [0.5, 0.6) is 0 Å². The van der Waals surface area contributed by atoms with Gasteiger partial charge >= 0.3 is 0 Å². The van der Waals surface area contributed by atoms with E-state index in [1.54, 1.807) is 6.08 Å². The average molecular weight is 367 g/mol. The first-order valence-corrected chi connectivity index (χ1v) is 10.3. The summed E-state index contributed by atoms with van der Waals surface area (Å²) in [7, 11) is -3.41. The van der Waals surface area contributed by atoms with E-state index in [0.29, 0.717) is 45.8 Å². The van der Waals surface area contributed by atoms with E-state index in [1.165, 1.54) is 9.71 Å². The number of hydrogen-bond donors (Lipinski definition) is 1. The number of sulfonamides is 1. The summed E-state index contributed by atoms with van der Waals surface area (Å²) >= 11 is 0. The summed E-state index contributed by atoms with van der Waals surface area (Å²) in [5.41, 5.74) is 0.861. The fourth-order valence-corrected chi connectivity index (χ4v) is 4.14. The van der Waals surface area contributed by atoms with Gasteiger partial charge in [-0.2, -0.15) is 4.31 Å². The SMILES string of the molecule is CCN(CC)C(=O)C[NH+]1CCN(S(=O)(=O)/C=C/c2ccccc2)CC1. The lowest BCUT2D eigenvalue weighted by atomic mass is 10.2. The molecule has 1 aromatic rings. The monoisotopic (exact) mass is 366 g/mol. The first-order chi connectivity index (χ1) is 12.0. The molecule has 1 amide bonds.